The molecule has 0 radical (unpaired) electrons. The molecular weight excluding hydrogens is 398 g/mol. The van der Waals surface area contributed by atoms with Gasteiger partial charge < -0.3 is 5.32 Å². The third-order valence-electron chi connectivity index (χ3n) is 5.28. The summed E-state index contributed by atoms with van der Waals surface area (Å²) in [5.41, 5.74) is 2.65. The molecule has 2 rings (SSSR count). The molecule has 0 aliphatic carbocycles. The van der Waals surface area contributed by atoms with Gasteiger partial charge in [0.05, 0.1) is 5.69 Å². The molecular formula is C20H32ClN3O3S. The highest BCUT2D eigenvalue weighted by Crippen LogP contribution is 2.39. The van der Waals surface area contributed by atoms with Crippen LogP contribution in [-0.4, -0.2) is 38.8 Å². The lowest BCUT2D eigenvalue weighted by atomic mass is 9.91. The second-order valence-electron chi connectivity index (χ2n) is 8.10. The molecule has 1 aliphatic heterocycles. The molecule has 1 aromatic rings. The van der Waals surface area contributed by atoms with Crippen LogP contribution in [0.4, 0.5) is 10.5 Å². The van der Waals surface area contributed by atoms with Gasteiger partial charge in [0.1, 0.15) is 5.25 Å². The summed E-state index contributed by atoms with van der Waals surface area (Å²) < 4.78 is 27.4. The van der Waals surface area contributed by atoms with Gasteiger partial charge in [0, 0.05) is 24.2 Å². The van der Waals surface area contributed by atoms with Gasteiger partial charge in [-0.3, -0.25) is 4.90 Å². The molecule has 1 unspecified atom stereocenters. The SMILES string of the molecule is CCC(C)N(C(=O)NS(=O)(=O)C1CNC1)c1c(C(C)C)cc(Cl)cc1C(C)C. The van der Waals surface area contributed by atoms with Crippen molar-refractivity contribution in [3.63, 3.8) is 0 Å². The molecule has 1 fully saturated rings. The van der Waals surface area contributed by atoms with Crippen molar-refractivity contribution >= 4 is 33.3 Å². The Kier molecular flexibility index (Phi) is 7.39. The molecule has 2 amide bonds. The molecule has 1 aromatic carbocycles. The fourth-order valence-corrected chi connectivity index (χ4v) is 4.66. The topological polar surface area (TPSA) is 78.5 Å². The first-order valence-corrected chi connectivity index (χ1v) is 11.8. The van der Waals surface area contributed by atoms with Gasteiger partial charge in [-0.2, -0.15) is 0 Å². The predicted octanol–water partition coefficient (Wildman–Crippen LogP) is 4.20. The number of amides is 2. The number of hydrogen-bond acceptors (Lipinski definition) is 4. The van der Waals surface area contributed by atoms with Gasteiger partial charge >= 0.3 is 6.03 Å². The highest BCUT2D eigenvalue weighted by atomic mass is 35.5. The third kappa shape index (κ3) is 4.81. The minimum Gasteiger partial charge on any atom is -0.314 e. The summed E-state index contributed by atoms with van der Waals surface area (Å²) in [6.45, 7) is 12.8. The average molecular weight is 430 g/mol. The molecule has 28 heavy (non-hydrogen) atoms. The van der Waals surface area contributed by atoms with Crippen molar-refractivity contribution in [1.82, 2.24) is 10.0 Å². The van der Waals surface area contributed by atoms with Crippen LogP contribution in [0.2, 0.25) is 5.02 Å². The Bertz CT molecular complexity index is 791. The molecule has 1 heterocycles. The minimum absolute atomic E-state index is 0.123. The van der Waals surface area contributed by atoms with Gasteiger partial charge in [-0.05, 0) is 48.4 Å². The summed E-state index contributed by atoms with van der Waals surface area (Å²) in [6.07, 6.45) is 0.691. The van der Waals surface area contributed by atoms with Gasteiger partial charge in [0.15, 0.2) is 0 Å². The highest BCUT2D eigenvalue weighted by Gasteiger charge is 2.36. The van der Waals surface area contributed by atoms with Crippen molar-refractivity contribution in [1.29, 1.82) is 0 Å². The molecule has 158 valence electrons. The van der Waals surface area contributed by atoms with Crippen LogP contribution in [0.15, 0.2) is 12.1 Å². The number of carbonyl (C=O) groups excluding carboxylic acids is 1. The van der Waals surface area contributed by atoms with Crippen LogP contribution >= 0.6 is 11.6 Å². The number of sulfonamides is 1. The maximum atomic E-state index is 13.2. The Balaban J connectivity index is 2.58. The van der Waals surface area contributed by atoms with Crippen LogP contribution in [0.25, 0.3) is 0 Å². The second-order valence-corrected chi connectivity index (χ2v) is 10.5. The summed E-state index contributed by atoms with van der Waals surface area (Å²) >= 11 is 6.36. The van der Waals surface area contributed by atoms with E-state index >= 15 is 0 Å². The lowest BCUT2D eigenvalue weighted by Crippen LogP contribution is -2.58. The number of halogens is 1. The second kappa shape index (κ2) is 9.01. The number of carbonyl (C=O) groups is 1. The smallest absolute Gasteiger partial charge is 0.314 e. The zero-order valence-corrected chi connectivity index (χ0v) is 19.1. The maximum Gasteiger partial charge on any atom is 0.335 e. The summed E-state index contributed by atoms with van der Waals surface area (Å²) in [6, 6.07) is 2.97. The summed E-state index contributed by atoms with van der Waals surface area (Å²) in [5.74, 6) is 0.246. The number of rotatable bonds is 7. The Morgan fingerprint density at radius 3 is 2.04 bits per heavy atom. The van der Waals surface area contributed by atoms with Crippen molar-refractivity contribution in [3.8, 4) is 0 Å². The standard InChI is InChI=1S/C20H32ClN3O3S/c1-7-14(6)24(20(25)23-28(26,27)16-10-22-11-16)19-17(12(2)3)8-15(21)9-18(19)13(4)5/h8-9,12-14,16,22H,7,10-11H2,1-6H3,(H,23,25). The van der Waals surface area contributed by atoms with E-state index in [9.17, 15) is 13.2 Å². The maximum absolute atomic E-state index is 13.2. The van der Waals surface area contributed by atoms with Gasteiger partial charge in [0.2, 0.25) is 10.0 Å². The van der Waals surface area contributed by atoms with Gasteiger partial charge in [-0.1, -0.05) is 46.2 Å². The summed E-state index contributed by atoms with van der Waals surface area (Å²) in [4.78, 5) is 14.8. The zero-order valence-electron chi connectivity index (χ0n) is 17.5. The summed E-state index contributed by atoms with van der Waals surface area (Å²) in [7, 11) is -3.72. The Morgan fingerprint density at radius 2 is 1.68 bits per heavy atom. The highest BCUT2D eigenvalue weighted by molar-refractivity contribution is 7.90. The van der Waals surface area contributed by atoms with Crippen LogP contribution in [0.5, 0.6) is 0 Å². The average Bonchev–Trinajstić information content (AvgIpc) is 2.52. The van der Waals surface area contributed by atoms with Crippen LogP contribution in [0.1, 0.15) is 70.9 Å². The largest absolute Gasteiger partial charge is 0.335 e. The predicted molar refractivity (Wildman–Crippen MR) is 116 cm³/mol. The molecule has 1 atom stereocenters. The van der Waals surface area contributed by atoms with Crippen molar-refractivity contribution in [2.24, 2.45) is 0 Å². The minimum atomic E-state index is -3.72. The van der Waals surface area contributed by atoms with E-state index in [1.54, 1.807) is 4.90 Å². The fourth-order valence-electron chi connectivity index (χ4n) is 3.24. The van der Waals surface area contributed by atoms with E-state index in [4.69, 9.17) is 11.6 Å². The van der Waals surface area contributed by atoms with Crippen LogP contribution in [0.3, 0.4) is 0 Å². The van der Waals surface area contributed by atoms with E-state index in [1.807, 2.05) is 53.7 Å². The zero-order chi connectivity index (χ0) is 21.2. The number of hydrogen-bond donors (Lipinski definition) is 2. The van der Waals surface area contributed by atoms with Crippen LogP contribution in [-0.2, 0) is 10.0 Å². The van der Waals surface area contributed by atoms with Crippen LogP contribution in [0, 0.1) is 0 Å². The lowest BCUT2D eigenvalue weighted by Gasteiger charge is -2.35. The van der Waals surface area contributed by atoms with E-state index in [1.165, 1.54) is 0 Å². The summed E-state index contributed by atoms with van der Waals surface area (Å²) in [5, 5.41) is 2.98. The molecule has 2 N–H and O–H groups in total. The molecule has 0 aromatic heterocycles. The number of benzene rings is 1. The van der Waals surface area contributed by atoms with Crippen LogP contribution < -0.4 is 14.9 Å². The lowest BCUT2D eigenvalue weighted by molar-refractivity contribution is 0.248. The first-order chi connectivity index (χ1) is 13.0. The van der Waals surface area contributed by atoms with Crippen molar-refractivity contribution < 1.29 is 13.2 Å². The third-order valence-corrected chi connectivity index (χ3v) is 7.17. The first-order valence-electron chi connectivity index (χ1n) is 9.88. The van der Waals surface area contributed by atoms with Gasteiger partial charge in [-0.25, -0.2) is 17.9 Å². The van der Waals surface area contributed by atoms with Crippen molar-refractivity contribution in [2.75, 3.05) is 18.0 Å². The number of nitrogens with one attached hydrogen (secondary N) is 2. The van der Waals surface area contributed by atoms with E-state index in [2.05, 4.69) is 10.0 Å². The quantitative estimate of drug-likeness (QED) is 0.680. The molecule has 8 heteroatoms. The van der Waals surface area contributed by atoms with E-state index < -0.39 is 21.3 Å². The van der Waals surface area contributed by atoms with Crippen molar-refractivity contribution in [3.05, 3.63) is 28.3 Å². The number of anilines is 1. The molecule has 1 aliphatic rings. The normalized spacial score (nSPS) is 16.2. The fraction of sp³-hybridized carbons (Fsp3) is 0.650. The number of urea groups is 1. The monoisotopic (exact) mass is 429 g/mol. The molecule has 0 spiro atoms. The number of nitrogens with zero attached hydrogens (tertiary/aromatic N) is 1. The Labute approximate surface area is 174 Å². The van der Waals surface area contributed by atoms with Gasteiger partial charge in [-0.15, -0.1) is 0 Å². The van der Waals surface area contributed by atoms with Gasteiger partial charge in [0.25, 0.3) is 0 Å². The molecule has 0 saturated carbocycles. The molecule has 6 nitrogen and oxygen atoms in total. The van der Waals surface area contributed by atoms with E-state index in [-0.39, 0.29) is 17.9 Å². The van der Waals surface area contributed by atoms with E-state index in [0.717, 1.165) is 16.8 Å². The molecule has 1 saturated heterocycles. The Hall–Kier alpha value is -1.31. The first kappa shape index (κ1) is 23.0. The van der Waals surface area contributed by atoms with E-state index in [0.29, 0.717) is 24.5 Å². The molecule has 0 bridgehead atoms. The van der Waals surface area contributed by atoms with Crippen molar-refractivity contribution in [2.45, 2.75) is 71.1 Å². The Morgan fingerprint density at radius 1 is 1.18 bits per heavy atom.